The number of halogens is 1. The van der Waals surface area contributed by atoms with E-state index < -0.39 is 0 Å². The summed E-state index contributed by atoms with van der Waals surface area (Å²) in [4.78, 5) is 6.00. The van der Waals surface area contributed by atoms with Crippen LogP contribution in [0.1, 0.15) is 24.8 Å². The molecule has 4 heteroatoms. The van der Waals surface area contributed by atoms with Gasteiger partial charge in [0.1, 0.15) is 0 Å². The molecule has 4 rings (SSSR count). The zero-order valence-corrected chi connectivity index (χ0v) is 13.1. The van der Waals surface area contributed by atoms with Crippen LogP contribution in [-0.4, -0.2) is 35.1 Å². The topological polar surface area (TPSA) is 31.1 Å². The number of hydrogen-bond donors (Lipinski definition) is 2. The molecule has 106 valence electrons. The van der Waals surface area contributed by atoms with Crippen LogP contribution in [-0.2, 0) is 6.54 Å². The first-order valence-corrected chi connectivity index (χ1v) is 8.31. The fourth-order valence-corrected chi connectivity index (χ4v) is 4.04. The second kappa shape index (κ2) is 5.17. The summed E-state index contributed by atoms with van der Waals surface area (Å²) in [6.45, 7) is 3.47. The van der Waals surface area contributed by atoms with Crippen molar-refractivity contribution in [3.05, 3.63) is 34.4 Å². The van der Waals surface area contributed by atoms with Crippen molar-refractivity contribution in [2.24, 2.45) is 0 Å². The number of benzene rings is 1. The molecule has 3 heterocycles. The summed E-state index contributed by atoms with van der Waals surface area (Å²) in [7, 11) is 0. The smallest absolute Gasteiger partial charge is 0.0458 e. The number of aromatic nitrogens is 1. The molecule has 20 heavy (non-hydrogen) atoms. The van der Waals surface area contributed by atoms with Crippen LogP contribution in [0.5, 0.6) is 0 Å². The van der Waals surface area contributed by atoms with Gasteiger partial charge in [-0.2, -0.15) is 0 Å². The average Bonchev–Trinajstić information content (AvgIpc) is 2.96. The number of fused-ring (bicyclic) bond motifs is 3. The molecule has 0 saturated carbocycles. The van der Waals surface area contributed by atoms with Crippen LogP contribution in [0.3, 0.4) is 0 Å². The van der Waals surface area contributed by atoms with Crippen molar-refractivity contribution in [1.29, 1.82) is 0 Å². The van der Waals surface area contributed by atoms with E-state index in [1.807, 2.05) is 0 Å². The lowest BCUT2D eigenvalue weighted by Gasteiger charge is -2.23. The lowest BCUT2D eigenvalue weighted by Crippen LogP contribution is -2.34. The number of nitrogens with zero attached hydrogens (tertiary/aromatic N) is 1. The summed E-state index contributed by atoms with van der Waals surface area (Å²) in [5.74, 6) is 0. The predicted molar refractivity (Wildman–Crippen MR) is 85.8 cm³/mol. The van der Waals surface area contributed by atoms with Crippen molar-refractivity contribution in [3.63, 3.8) is 0 Å². The van der Waals surface area contributed by atoms with Crippen molar-refractivity contribution in [3.8, 4) is 0 Å². The molecular weight excluding hydrogens is 314 g/mol. The molecule has 2 unspecified atom stereocenters. The zero-order valence-electron chi connectivity index (χ0n) is 11.5. The average molecular weight is 334 g/mol. The molecule has 2 N–H and O–H groups in total. The van der Waals surface area contributed by atoms with Crippen LogP contribution in [0.2, 0.25) is 0 Å². The fraction of sp³-hybridized carbons (Fsp3) is 0.500. The van der Waals surface area contributed by atoms with E-state index in [2.05, 4.69) is 55.5 Å². The van der Waals surface area contributed by atoms with Gasteiger partial charge in [-0.3, -0.25) is 4.90 Å². The zero-order chi connectivity index (χ0) is 13.5. The molecule has 2 fully saturated rings. The Balaban J connectivity index is 1.56. The number of likely N-dealkylation sites (tertiary alicyclic amines) is 1. The van der Waals surface area contributed by atoms with Gasteiger partial charge in [0.2, 0.25) is 0 Å². The molecule has 0 aliphatic carbocycles. The van der Waals surface area contributed by atoms with Crippen LogP contribution < -0.4 is 5.32 Å². The highest BCUT2D eigenvalue weighted by molar-refractivity contribution is 9.10. The Labute approximate surface area is 127 Å². The van der Waals surface area contributed by atoms with E-state index in [4.69, 9.17) is 0 Å². The highest BCUT2D eigenvalue weighted by atomic mass is 79.9. The molecule has 2 aliphatic rings. The summed E-state index contributed by atoms with van der Waals surface area (Å²) in [5, 5.41) is 5.10. The molecule has 2 aliphatic heterocycles. The van der Waals surface area contributed by atoms with Crippen LogP contribution >= 0.6 is 15.9 Å². The number of hydrogen-bond acceptors (Lipinski definition) is 2. The summed E-state index contributed by atoms with van der Waals surface area (Å²) in [6.07, 6.45) is 6.19. The molecule has 1 aromatic heterocycles. The Morgan fingerprint density at radius 2 is 2.10 bits per heavy atom. The lowest BCUT2D eigenvalue weighted by molar-refractivity contribution is 0.252. The number of H-pyrrole nitrogens is 1. The molecular formula is C16H20BrN3. The first kappa shape index (κ1) is 12.9. The van der Waals surface area contributed by atoms with Crippen molar-refractivity contribution in [2.75, 3.05) is 13.1 Å². The maximum absolute atomic E-state index is 3.75. The summed E-state index contributed by atoms with van der Waals surface area (Å²) in [5.41, 5.74) is 2.65. The van der Waals surface area contributed by atoms with Crippen LogP contribution in [0, 0.1) is 0 Å². The van der Waals surface area contributed by atoms with Crippen LogP contribution in [0.15, 0.2) is 28.9 Å². The number of nitrogens with one attached hydrogen (secondary N) is 2. The molecule has 1 aromatic carbocycles. The second-order valence-corrected chi connectivity index (χ2v) is 7.08. The van der Waals surface area contributed by atoms with Gasteiger partial charge in [-0.05, 0) is 43.0 Å². The Hall–Kier alpha value is -0.840. The molecule has 0 radical (unpaired) electrons. The third-order valence-electron chi connectivity index (χ3n) is 4.73. The van der Waals surface area contributed by atoms with Gasteiger partial charge < -0.3 is 10.3 Å². The minimum absolute atomic E-state index is 0.708. The normalized spacial score (nSPS) is 27.1. The van der Waals surface area contributed by atoms with E-state index >= 15 is 0 Å². The van der Waals surface area contributed by atoms with E-state index in [1.54, 1.807) is 0 Å². The minimum atomic E-state index is 0.708. The van der Waals surface area contributed by atoms with Crippen molar-refractivity contribution >= 4 is 26.8 Å². The van der Waals surface area contributed by atoms with Crippen LogP contribution in [0.4, 0.5) is 0 Å². The Morgan fingerprint density at radius 3 is 3.05 bits per heavy atom. The van der Waals surface area contributed by atoms with Crippen molar-refractivity contribution < 1.29 is 0 Å². The van der Waals surface area contributed by atoms with Gasteiger partial charge in [-0.25, -0.2) is 0 Å². The second-order valence-electron chi connectivity index (χ2n) is 6.17. The largest absolute Gasteiger partial charge is 0.361 e. The minimum Gasteiger partial charge on any atom is -0.361 e. The molecule has 0 amide bonds. The highest BCUT2D eigenvalue weighted by Gasteiger charge is 2.29. The highest BCUT2D eigenvalue weighted by Crippen LogP contribution is 2.26. The first-order valence-electron chi connectivity index (χ1n) is 7.52. The van der Waals surface area contributed by atoms with E-state index in [0.717, 1.165) is 17.1 Å². The van der Waals surface area contributed by atoms with E-state index in [9.17, 15) is 0 Å². The van der Waals surface area contributed by atoms with Crippen molar-refractivity contribution in [2.45, 2.75) is 37.9 Å². The van der Waals surface area contributed by atoms with E-state index in [-0.39, 0.29) is 0 Å². The Morgan fingerprint density at radius 1 is 1.20 bits per heavy atom. The van der Waals surface area contributed by atoms with Crippen LogP contribution in [0.25, 0.3) is 10.9 Å². The van der Waals surface area contributed by atoms with Gasteiger partial charge in [0, 0.05) is 53.3 Å². The number of aromatic amines is 1. The molecule has 2 atom stereocenters. The van der Waals surface area contributed by atoms with Crippen molar-refractivity contribution in [1.82, 2.24) is 15.2 Å². The first-order chi connectivity index (χ1) is 9.78. The molecule has 3 nitrogen and oxygen atoms in total. The predicted octanol–water partition coefficient (Wildman–Crippen LogP) is 3.26. The third kappa shape index (κ3) is 2.41. The summed E-state index contributed by atoms with van der Waals surface area (Å²) >= 11 is 3.58. The van der Waals surface area contributed by atoms with Gasteiger partial charge in [0.25, 0.3) is 0 Å². The van der Waals surface area contributed by atoms with Gasteiger partial charge in [0.15, 0.2) is 0 Å². The Kier molecular flexibility index (Phi) is 3.33. The third-order valence-corrected chi connectivity index (χ3v) is 5.22. The summed E-state index contributed by atoms with van der Waals surface area (Å²) in [6, 6.07) is 7.94. The fourth-order valence-electron chi connectivity index (χ4n) is 3.68. The SMILES string of the molecule is Brc1ccc2[nH]cc(CN3CCC4CCC(C3)N4)c2c1. The number of rotatable bonds is 2. The monoisotopic (exact) mass is 333 g/mol. The lowest BCUT2D eigenvalue weighted by atomic mass is 10.1. The molecule has 0 spiro atoms. The maximum atomic E-state index is 3.75. The van der Waals surface area contributed by atoms with E-state index in [0.29, 0.717) is 6.04 Å². The molecule has 2 saturated heterocycles. The Bertz CT molecular complexity index is 621. The van der Waals surface area contributed by atoms with Gasteiger partial charge in [-0.15, -0.1) is 0 Å². The van der Waals surface area contributed by atoms with Gasteiger partial charge >= 0.3 is 0 Å². The standard InChI is InChI=1S/C16H20BrN3/c17-12-1-4-16-15(7-12)11(8-18-16)9-20-6-5-13-2-3-14(10-20)19-13/h1,4,7-8,13-14,18-19H,2-3,5-6,9-10H2. The van der Waals surface area contributed by atoms with Gasteiger partial charge in [-0.1, -0.05) is 15.9 Å². The van der Waals surface area contributed by atoms with Gasteiger partial charge in [0.05, 0.1) is 0 Å². The van der Waals surface area contributed by atoms with E-state index in [1.165, 1.54) is 48.8 Å². The molecule has 2 aromatic rings. The quantitative estimate of drug-likeness (QED) is 0.883. The summed E-state index contributed by atoms with van der Waals surface area (Å²) < 4.78 is 1.16. The maximum Gasteiger partial charge on any atom is 0.0458 e. The molecule has 2 bridgehead atoms.